The summed E-state index contributed by atoms with van der Waals surface area (Å²) < 4.78 is 5.60. The van der Waals surface area contributed by atoms with Crippen molar-refractivity contribution >= 4 is 5.97 Å². The molecule has 0 amide bonds. The van der Waals surface area contributed by atoms with Crippen molar-refractivity contribution in [3.05, 3.63) is 83.9 Å². The van der Waals surface area contributed by atoms with Gasteiger partial charge in [-0.25, -0.2) is 0 Å². The normalized spacial score (nSPS) is 14.2. The van der Waals surface area contributed by atoms with Crippen molar-refractivity contribution < 1.29 is 9.53 Å². The Labute approximate surface area is 170 Å². The first-order valence-corrected chi connectivity index (χ1v) is 9.99. The zero-order valence-electron chi connectivity index (χ0n) is 17.8. The Bertz CT molecular complexity index is 747. The van der Waals surface area contributed by atoms with Gasteiger partial charge in [0.2, 0.25) is 0 Å². The molecule has 2 aromatic rings. The van der Waals surface area contributed by atoms with E-state index in [1.807, 2.05) is 45.9 Å². The van der Waals surface area contributed by atoms with Gasteiger partial charge in [-0.15, -0.1) is 0 Å². The minimum Gasteiger partial charge on any atom is -0.460 e. The molecule has 0 aliphatic heterocycles. The average Bonchev–Trinajstić information content (AvgIpc) is 2.65. The quantitative estimate of drug-likeness (QED) is 0.421. The monoisotopic (exact) mass is 379 g/mol. The van der Waals surface area contributed by atoms with Crippen LogP contribution in [0.5, 0.6) is 0 Å². The summed E-state index contributed by atoms with van der Waals surface area (Å²) >= 11 is 0. The third-order valence-corrected chi connectivity index (χ3v) is 4.62. The summed E-state index contributed by atoms with van der Waals surface area (Å²) in [6.07, 6.45) is 4.45. The Kier molecular flexibility index (Phi) is 8.01. The molecule has 3 nitrogen and oxygen atoms in total. The number of carbonyl (C=O) groups excluding carboxylic acids is 1. The van der Waals surface area contributed by atoms with E-state index in [0.717, 1.165) is 6.54 Å². The molecule has 150 valence electrons. The summed E-state index contributed by atoms with van der Waals surface area (Å²) in [5, 5.41) is 0. The molecular formula is C25H33NO2. The predicted octanol–water partition coefficient (Wildman–Crippen LogP) is 5.93. The van der Waals surface area contributed by atoms with Gasteiger partial charge in [-0.3, -0.25) is 9.69 Å². The molecule has 0 spiro atoms. The zero-order chi connectivity index (χ0) is 20.6. The fourth-order valence-corrected chi connectivity index (χ4v) is 3.33. The van der Waals surface area contributed by atoms with Crippen molar-refractivity contribution in [2.75, 3.05) is 0 Å². The summed E-state index contributed by atoms with van der Waals surface area (Å²) in [5.74, 6) is -0.172. The number of nitrogens with zero attached hydrogens (tertiary/aromatic N) is 1. The molecule has 0 saturated heterocycles. The summed E-state index contributed by atoms with van der Waals surface area (Å²) in [7, 11) is 0. The van der Waals surface area contributed by atoms with Crippen LogP contribution >= 0.6 is 0 Å². The predicted molar refractivity (Wildman–Crippen MR) is 116 cm³/mol. The Morgan fingerprint density at radius 1 is 1.04 bits per heavy atom. The largest absolute Gasteiger partial charge is 0.460 e. The first-order valence-electron chi connectivity index (χ1n) is 9.99. The average molecular weight is 380 g/mol. The van der Waals surface area contributed by atoms with Gasteiger partial charge in [0, 0.05) is 18.6 Å². The van der Waals surface area contributed by atoms with E-state index in [9.17, 15) is 4.79 Å². The van der Waals surface area contributed by atoms with Crippen molar-refractivity contribution in [3.8, 4) is 0 Å². The Morgan fingerprint density at radius 2 is 1.61 bits per heavy atom. The van der Waals surface area contributed by atoms with Gasteiger partial charge in [-0.05, 0) is 45.7 Å². The van der Waals surface area contributed by atoms with Gasteiger partial charge in [-0.2, -0.15) is 0 Å². The summed E-state index contributed by atoms with van der Waals surface area (Å²) in [4.78, 5) is 14.9. The fourth-order valence-electron chi connectivity index (χ4n) is 3.33. The maximum Gasteiger partial charge on any atom is 0.308 e. The van der Waals surface area contributed by atoms with Gasteiger partial charge in [0.1, 0.15) is 5.60 Å². The van der Waals surface area contributed by atoms with E-state index in [4.69, 9.17) is 4.74 Å². The van der Waals surface area contributed by atoms with Crippen LogP contribution in [0.1, 0.15) is 58.2 Å². The second-order valence-electron chi connectivity index (χ2n) is 8.13. The number of benzene rings is 2. The van der Waals surface area contributed by atoms with Crippen molar-refractivity contribution in [1.29, 1.82) is 0 Å². The molecule has 0 saturated carbocycles. The fraction of sp³-hybridized carbons (Fsp3) is 0.400. The molecule has 0 fully saturated rings. The lowest BCUT2D eigenvalue weighted by molar-refractivity contribution is -0.156. The molecule has 3 heteroatoms. The number of rotatable bonds is 8. The van der Waals surface area contributed by atoms with E-state index >= 15 is 0 Å². The van der Waals surface area contributed by atoms with Crippen LogP contribution in [0.3, 0.4) is 0 Å². The molecule has 2 aromatic carbocycles. The van der Waals surface area contributed by atoms with E-state index in [2.05, 4.69) is 66.4 Å². The minimum absolute atomic E-state index is 0.0461. The highest BCUT2D eigenvalue weighted by Gasteiger charge is 2.27. The van der Waals surface area contributed by atoms with Crippen molar-refractivity contribution in [1.82, 2.24) is 4.90 Å². The van der Waals surface area contributed by atoms with Gasteiger partial charge in [0.15, 0.2) is 0 Å². The van der Waals surface area contributed by atoms with E-state index in [1.165, 1.54) is 11.1 Å². The van der Waals surface area contributed by atoms with Crippen LogP contribution in [0.25, 0.3) is 0 Å². The summed E-state index contributed by atoms with van der Waals surface area (Å²) in [6.45, 7) is 10.7. The lowest BCUT2D eigenvalue weighted by Gasteiger charge is -2.35. The third kappa shape index (κ3) is 6.97. The van der Waals surface area contributed by atoms with Gasteiger partial charge in [0.25, 0.3) is 0 Å². The van der Waals surface area contributed by atoms with Crippen LogP contribution in [0.4, 0.5) is 0 Å². The van der Waals surface area contributed by atoms with Crippen LogP contribution < -0.4 is 0 Å². The Hall–Kier alpha value is -2.39. The maximum atomic E-state index is 12.6. The lowest BCUT2D eigenvalue weighted by atomic mass is 10.0. The van der Waals surface area contributed by atoms with Crippen LogP contribution in [0, 0.1) is 0 Å². The van der Waals surface area contributed by atoms with Crippen LogP contribution in [-0.2, 0) is 16.1 Å². The first kappa shape index (κ1) is 21.9. The zero-order valence-corrected chi connectivity index (χ0v) is 17.8. The van der Waals surface area contributed by atoms with Gasteiger partial charge >= 0.3 is 5.97 Å². The number of hydrogen-bond acceptors (Lipinski definition) is 3. The number of hydrogen-bond donors (Lipinski definition) is 0. The van der Waals surface area contributed by atoms with Crippen LogP contribution in [0.2, 0.25) is 0 Å². The number of ether oxygens (including phenoxy) is 1. The molecule has 28 heavy (non-hydrogen) atoms. The molecule has 2 rings (SSSR count). The van der Waals surface area contributed by atoms with Gasteiger partial charge in [0.05, 0.1) is 6.42 Å². The highest BCUT2D eigenvalue weighted by molar-refractivity contribution is 5.71. The van der Waals surface area contributed by atoms with E-state index in [1.54, 1.807) is 0 Å². The molecule has 0 radical (unpaired) electrons. The smallest absolute Gasteiger partial charge is 0.308 e. The number of esters is 1. The van der Waals surface area contributed by atoms with E-state index in [-0.39, 0.29) is 18.1 Å². The molecule has 2 atom stereocenters. The summed E-state index contributed by atoms with van der Waals surface area (Å²) in [6, 6.07) is 20.9. The van der Waals surface area contributed by atoms with Crippen LogP contribution in [0.15, 0.2) is 72.8 Å². The molecule has 0 heterocycles. The third-order valence-electron chi connectivity index (χ3n) is 4.62. The molecule has 0 unspecified atom stereocenters. The van der Waals surface area contributed by atoms with Crippen molar-refractivity contribution in [3.63, 3.8) is 0 Å². The standard InChI is InChI=1S/C25H33NO2/c1-6-13-23(18-24(27)28-25(3,4)5)26(19-21-14-9-7-10-15-21)20(2)22-16-11-8-12-17-22/h6-17,20,23H,18-19H2,1-5H3/b13-6-/t20-,23-/m1/s1. The minimum atomic E-state index is -0.479. The van der Waals surface area contributed by atoms with E-state index in [0.29, 0.717) is 6.42 Å². The Morgan fingerprint density at radius 3 is 2.14 bits per heavy atom. The van der Waals surface area contributed by atoms with E-state index < -0.39 is 5.60 Å². The lowest BCUT2D eigenvalue weighted by Crippen LogP contribution is -2.38. The second-order valence-corrected chi connectivity index (χ2v) is 8.13. The molecular weight excluding hydrogens is 346 g/mol. The van der Waals surface area contributed by atoms with Gasteiger partial charge in [-0.1, -0.05) is 72.8 Å². The summed E-state index contributed by atoms with van der Waals surface area (Å²) in [5.41, 5.74) is 1.98. The molecule has 0 aromatic heterocycles. The van der Waals surface area contributed by atoms with Crippen molar-refractivity contribution in [2.45, 2.75) is 65.3 Å². The topological polar surface area (TPSA) is 29.5 Å². The first-order chi connectivity index (χ1) is 13.3. The van der Waals surface area contributed by atoms with Gasteiger partial charge < -0.3 is 4.74 Å². The second kappa shape index (κ2) is 10.2. The number of carbonyl (C=O) groups is 1. The maximum absolute atomic E-state index is 12.6. The van der Waals surface area contributed by atoms with Crippen molar-refractivity contribution in [2.24, 2.45) is 0 Å². The molecule has 0 aliphatic carbocycles. The Balaban J connectivity index is 2.31. The molecule has 0 bridgehead atoms. The van der Waals surface area contributed by atoms with Crippen LogP contribution in [-0.4, -0.2) is 22.5 Å². The number of allylic oxidation sites excluding steroid dienone is 1. The molecule has 0 N–H and O–H groups in total. The highest BCUT2D eigenvalue weighted by Crippen LogP contribution is 2.27. The highest BCUT2D eigenvalue weighted by atomic mass is 16.6. The SMILES string of the molecule is C/C=C\[C@H](CC(=O)OC(C)(C)C)N(Cc1ccccc1)[C@H](C)c1ccccc1. The molecule has 0 aliphatic rings.